The fourth-order valence-electron chi connectivity index (χ4n) is 2.26. The van der Waals surface area contributed by atoms with E-state index in [9.17, 15) is 0 Å². The van der Waals surface area contributed by atoms with Crippen LogP contribution in [0.5, 0.6) is 0 Å². The molecular weight excluding hydrogens is 170 g/mol. The maximum absolute atomic E-state index is 6.29. The van der Waals surface area contributed by atoms with Crippen LogP contribution in [0, 0.1) is 20.8 Å². The lowest BCUT2D eigenvalue weighted by atomic mass is 9.83. The molecule has 0 aliphatic rings. The molecule has 0 amide bonds. The summed E-state index contributed by atoms with van der Waals surface area (Å²) in [5, 5.41) is 0. The Morgan fingerprint density at radius 2 is 1.57 bits per heavy atom. The van der Waals surface area contributed by atoms with Crippen molar-refractivity contribution in [1.29, 1.82) is 0 Å². The Hall–Kier alpha value is -0.820. The fourth-order valence-corrected chi connectivity index (χ4v) is 2.26. The summed E-state index contributed by atoms with van der Waals surface area (Å²) >= 11 is 0. The van der Waals surface area contributed by atoms with E-state index in [1.54, 1.807) is 0 Å². The van der Waals surface area contributed by atoms with Crippen LogP contribution < -0.4 is 5.73 Å². The van der Waals surface area contributed by atoms with Crippen LogP contribution in [-0.2, 0) is 5.54 Å². The highest BCUT2D eigenvalue weighted by molar-refractivity contribution is 5.41. The minimum Gasteiger partial charge on any atom is -0.322 e. The quantitative estimate of drug-likeness (QED) is 0.763. The third-order valence-electron chi connectivity index (χ3n) is 2.98. The first-order chi connectivity index (χ1) is 6.38. The lowest BCUT2D eigenvalue weighted by Gasteiger charge is -2.28. The second-order valence-electron chi connectivity index (χ2n) is 4.54. The molecule has 0 heterocycles. The highest BCUT2D eigenvalue weighted by Gasteiger charge is 2.22. The van der Waals surface area contributed by atoms with Crippen LogP contribution in [0.25, 0.3) is 0 Å². The minimum atomic E-state index is -0.193. The molecule has 0 aliphatic carbocycles. The summed E-state index contributed by atoms with van der Waals surface area (Å²) in [5.74, 6) is 0. The van der Waals surface area contributed by atoms with Crippen LogP contribution in [0.15, 0.2) is 12.1 Å². The molecule has 0 saturated heterocycles. The van der Waals surface area contributed by atoms with Gasteiger partial charge < -0.3 is 5.73 Å². The van der Waals surface area contributed by atoms with Gasteiger partial charge in [0.2, 0.25) is 0 Å². The maximum atomic E-state index is 6.29. The van der Waals surface area contributed by atoms with Crippen molar-refractivity contribution < 1.29 is 0 Å². The van der Waals surface area contributed by atoms with Gasteiger partial charge in [-0.2, -0.15) is 0 Å². The van der Waals surface area contributed by atoms with Crippen LogP contribution in [0.4, 0.5) is 0 Å². The number of hydrogen-bond acceptors (Lipinski definition) is 1. The second-order valence-corrected chi connectivity index (χ2v) is 4.54. The predicted octanol–water partition coefficient (Wildman–Crippen LogP) is 3.20. The third-order valence-corrected chi connectivity index (χ3v) is 2.98. The van der Waals surface area contributed by atoms with E-state index in [-0.39, 0.29) is 5.54 Å². The van der Waals surface area contributed by atoms with Crippen LogP contribution >= 0.6 is 0 Å². The smallest absolute Gasteiger partial charge is 0.0383 e. The van der Waals surface area contributed by atoms with Crippen molar-refractivity contribution in [3.05, 3.63) is 34.4 Å². The molecule has 0 bridgehead atoms. The van der Waals surface area contributed by atoms with Crippen molar-refractivity contribution in [2.24, 2.45) is 5.73 Å². The summed E-state index contributed by atoms with van der Waals surface area (Å²) in [4.78, 5) is 0. The molecule has 0 spiro atoms. The van der Waals surface area contributed by atoms with Gasteiger partial charge in [-0.25, -0.2) is 0 Å². The lowest BCUT2D eigenvalue weighted by molar-refractivity contribution is 0.471. The van der Waals surface area contributed by atoms with Crippen molar-refractivity contribution in [3.8, 4) is 0 Å². The first kappa shape index (κ1) is 11.3. The Morgan fingerprint density at radius 1 is 1.14 bits per heavy atom. The van der Waals surface area contributed by atoms with E-state index in [0.29, 0.717) is 0 Å². The monoisotopic (exact) mass is 191 g/mol. The molecule has 1 aromatic rings. The maximum Gasteiger partial charge on any atom is 0.0383 e. The van der Waals surface area contributed by atoms with Gasteiger partial charge in [0.05, 0.1) is 0 Å². The van der Waals surface area contributed by atoms with Gasteiger partial charge in [-0.1, -0.05) is 24.6 Å². The van der Waals surface area contributed by atoms with Gasteiger partial charge >= 0.3 is 0 Å². The average molecular weight is 191 g/mol. The van der Waals surface area contributed by atoms with Gasteiger partial charge in [0.25, 0.3) is 0 Å². The summed E-state index contributed by atoms with van der Waals surface area (Å²) in [6, 6.07) is 4.42. The Bertz CT molecular complexity index is 314. The number of hydrogen-bond donors (Lipinski definition) is 1. The topological polar surface area (TPSA) is 26.0 Å². The van der Waals surface area contributed by atoms with Crippen LogP contribution in [-0.4, -0.2) is 0 Å². The van der Waals surface area contributed by atoms with E-state index in [4.69, 9.17) is 5.73 Å². The van der Waals surface area contributed by atoms with Gasteiger partial charge in [-0.3, -0.25) is 0 Å². The Kier molecular flexibility index (Phi) is 3.01. The number of rotatable bonds is 2. The summed E-state index contributed by atoms with van der Waals surface area (Å²) < 4.78 is 0. The fraction of sp³-hybridized carbons (Fsp3) is 0.538. The first-order valence-corrected chi connectivity index (χ1v) is 5.25. The number of nitrogens with two attached hydrogens (primary N) is 1. The zero-order valence-electron chi connectivity index (χ0n) is 9.94. The molecule has 1 unspecified atom stereocenters. The zero-order chi connectivity index (χ0) is 10.9. The Balaban J connectivity index is 3.35. The van der Waals surface area contributed by atoms with E-state index >= 15 is 0 Å². The molecule has 1 atom stereocenters. The largest absolute Gasteiger partial charge is 0.322 e. The van der Waals surface area contributed by atoms with E-state index in [1.165, 1.54) is 22.3 Å². The van der Waals surface area contributed by atoms with Gasteiger partial charge in [0.15, 0.2) is 0 Å². The summed E-state index contributed by atoms with van der Waals surface area (Å²) in [5.41, 5.74) is 11.4. The van der Waals surface area contributed by atoms with E-state index in [1.807, 2.05) is 0 Å². The third kappa shape index (κ3) is 1.98. The number of benzene rings is 1. The van der Waals surface area contributed by atoms with Gasteiger partial charge in [-0.05, 0) is 50.8 Å². The van der Waals surface area contributed by atoms with Gasteiger partial charge in [0.1, 0.15) is 0 Å². The highest BCUT2D eigenvalue weighted by Crippen LogP contribution is 2.28. The van der Waals surface area contributed by atoms with E-state index in [0.717, 1.165) is 6.42 Å². The molecule has 2 N–H and O–H groups in total. The van der Waals surface area contributed by atoms with Crippen LogP contribution in [0.3, 0.4) is 0 Å². The van der Waals surface area contributed by atoms with Gasteiger partial charge in [0, 0.05) is 5.54 Å². The molecule has 0 fully saturated rings. The molecular formula is C13H21N. The summed E-state index contributed by atoms with van der Waals surface area (Å²) in [7, 11) is 0. The number of aryl methyl sites for hydroxylation is 3. The predicted molar refractivity (Wildman–Crippen MR) is 62.5 cm³/mol. The first-order valence-electron chi connectivity index (χ1n) is 5.25. The standard InChI is InChI=1S/C13H21N/c1-6-13(5,14)12-10(3)7-9(2)8-11(12)4/h7-8H,6,14H2,1-5H3. The highest BCUT2D eigenvalue weighted by atomic mass is 14.7. The van der Waals surface area contributed by atoms with Crippen LogP contribution in [0.2, 0.25) is 0 Å². The normalized spacial score (nSPS) is 15.3. The molecule has 78 valence electrons. The molecule has 1 nitrogen and oxygen atoms in total. The summed E-state index contributed by atoms with van der Waals surface area (Å²) in [6.07, 6.45) is 0.970. The van der Waals surface area contributed by atoms with Crippen molar-refractivity contribution >= 4 is 0 Å². The second kappa shape index (κ2) is 3.74. The van der Waals surface area contributed by atoms with Crippen molar-refractivity contribution in [2.75, 3.05) is 0 Å². The van der Waals surface area contributed by atoms with Crippen molar-refractivity contribution in [1.82, 2.24) is 0 Å². The molecule has 0 aromatic heterocycles. The van der Waals surface area contributed by atoms with Crippen LogP contribution in [0.1, 0.15) is 42.5 Å². The lowest BCUT2D eigenvalue weighted by Crippen LogP contribution is -2.33. The molecule has 14 heavy (non-hydrogen) atoms. The Labute approximate surface area is 87.3 Å². The molecule has 1 aromatic carbocycles. The summed E-state index contributed by atoms with van der Waals surface area (Å²) in [6.45, 7) is 10.7. The Morgan fingerprint density at radius 3 is 1.93 bits per heavy atom. The minimum absolute atomic E-state index is 0.193. The van der Waals surface area contributed by atoms with E-state index < -0.39 is 0 Å². The SMILES string of the molecule is CCC(C)(N)c1c(C)cc(C)cc1C. The zero-order valence-corrected chi connectivity index (χ0v) is 9.94. The van der Waals surface area contributed by atoms with Gasteiger partial charge in [-0.15, -0.1) is 0 Å². The van der Waals surface area contributed by atoms with Crippen molar-refractivity contribution in [3.63, 3.8) is 0 Å². The van der Waals surface area contributed by atoms with Crippen molar-refractivity contribution in [2.45, 2.75) is 46.6 Å². The molecule has 1 heteroatoms. The molecule has 1 rings (SSSR count). The molecule has 0 aliphatic heterocycles. The average Bonchev–Trinajstić information content (AvgIpc) is 2.01. The molecule has 0 radical (unpaired) electrons. The van der Waals surface area contributed by atoms with E-state index in [2.05, 4.69) is 46.8 Å². The molecule has 0 saturated carbocycles.